The van der Waals surface area contributed by atoms with E-state index >= 15 is 0 Å². The van der Waals surface area contributed by atoms with Crippen molar-refractivity contribution in [2.24, 2.45) is 0 Å². The summed E-state index contributed by atoms with van der Waals surface area (Å²) in [6.07, 6.45) is 2.45. The minimum Gasteiger partial charge on any atom is -0.469 e. The molecule has 1 heterocycles. The highest BCUT2D eigenvalue weighted by Gasteiger charge is 2.54. The molecule has 0 radical (unpaired) electrons. The second-order valence-corrected chi connectivity index (χ2v) is 4.08. The zero-order valence-electron chi connectivity index (χ0n) is 5.18. The highest BCUT2D eigenvalue weighted by molar-refractivity contribution is 6.51. The third-order valence-corrected chi connectivity index (χ3v) is 2.55. The molecule has 0 bridgehead atoms. The lowest BCUT2D eigenvalue weighted by molar-refractivity contribution is 0.511. The number of hydrogen-bond donors (Lipinski definition) is 0. The van der Waals surface area contributed by atoms with Gasteiger partial charge in [-0.15, -0.1) is 23.2 Å². The quantitative estimate of drug-likeness (QED) is 0.601. The lowest BCUT2D eigenvalue weighted by atomic mass is 10.3. The van der Waals surface area contributed by atoms with Crippen molar-refractivity contribution in [2.75, 3.05) is 0 Å². The molecule has 0 aromatic carbocycles. The van der Waals surface area contributed by atoms with Gasteiger partial charge in [0.05, 0.1) is 12.2 Å². The summed E-state index contributed by atoms with van der Waals surface area (Å²) < 4.78 is 4.57. The van der Waals surface area contributed by atoms with Crippen LogP contribution in [0.4, 0.5) is 0 Å². The maximum absolute atomic E-state index is 5.80. The van der Waals surface area contributed by atoms with Gasteiger partial charge in [-0.25, -0.2) is 0 Å². The van der Waals surface area contributed by atoms with Gasteiger partial charge in [0, 0.05) is 0 Å². The Morgan fingerprint density at radius 2 is 2.30 bits per heavy atom. The molecule has 54 valence electrons. The van der Waals surface area contributed by atoms with Crippen LogP contribution in [0.3, 0.4) is 0 Å². The van der Waals surface area contributed by atoms with E-state index in [1.165, 1.54) is 0 Å². The largest absolute Gasteiger partial charge is 0.469 e. The minimum absolute atomic E-state index is 0.214. The summed E-state index contributed by atoms with van der Waals surface area (Å²) in [5.74, 6) is 1.11. The van der Waals surface area contributed by atoms with E-state index in [-0.39, 0.29) is 5.92 Å². The van der Waals surface area contributed by atoms with Crippen molar-refractivity contribution in [3.8, 4) is 0 Å². The second kappa shape index (κ2) is 1.93. The Balaban J connectivity index is 2.19. The van der Waals surface area contributed by atoms with Crippen molar-refractivity contribution in [2.45, 2.75) is 16.7 Å². The van der Waals surface area contributed by atoms with Gasteiger partial charge < -0.3 is 4.42 Å². The van der Waals surface area contributed by atoms with Gasteiger partial charge in [0.2, 0.25) is 0 Å². The number of alkyl halides is 2. The highest BCUT2D eigenvalue weighted by atomic mass is 35.5. The van der Waals surface area contributed by atoms with E-state index in [1.54, 1.807) is 6.26 Å². The van der Waals surface area contributed by atoms with Gasteiger partial charge in [0.15, 0.2) is 0 Å². The van der Waals surface area contributed by atoms with Crippen molar-refractivity contribution in [1.82, 2.24) is 0 Å². The van der Waals surface area contributed by atoms with Crippen LogP contribution in [0.2, 0.25) is 0 Å². The zero-order chi connectivity index (χ0) is 7.19. The predicted molar refractivity (Wildman–Crippen MR) is 40.5 cm³/mol. The smallest absolute Gasteiger partial charge is 0.129 e. The molecule has 0 spiro atoms. The molecule has 1 aromatic rings. The number of rotatable bonds is 1. The van der Waals surface area contributed by atoms with E-state index in [2.05, 4.69) is 0 Å². The topological polar surface area (TPSA) is 13.1 Å². The molecule has 1 nitrogen and oxygen atoms in total. The Morgan fingerprint density at radius 3 is 2.70 bits per heavy atom. The molecule has 1 aromatic heterocycles. The lowest BCUT2D eigenvalue weighted by Gasteiger charge is -1.92. The van der Waals surface area contributed by atoms with Crippen LogP contribution in [-0.2, 0) is 0 Å². The van der Waals surface area contributed by atoms with Gasteiger partial charge >= 0.3 is 0 Å². The van der Waals surface area contributed by atoms with Gasteiger partial charge in [-0.05, 0) is 18.6 Å². The van der Waals surface area contributed by atoms with E-state index in [0.29, 0.717) is 0 Å². The van der Waals surface area contributed by atoms with Crippen molar-refractivity contribution in [1.29, 1.82) is 0 Å². The fourth-order valence-corrected chi connectivity index (χ4v) is 1.54. The Bertz CT molecular complexity index is 228. The molecule has 0 N–H and O–H groups in total. The summed E-state index contributed by atoms with van der Waals surface area (Å²) in [5, 5.41) is 0. The molecule has 0 saturated heterocycles. The summed E-state index contributed by atoms with van der Waals surface area (Å²) in [6, 6.07) is 3.74. The average molecular weight is 177 g/mol. The third kappa shape index (κ3) is 0.938. The maximum Gasteiger partial charge on any atom is 0.129 e. The summed E-state index contributed by atoms with van der Waals surface area (Å²) in [7, 11) is 0. The fourth-order valence-electron chi connectivity index (χ4n) is 1.01. The first-order chi connectivity index (χ1) is 4.70. The molecule has 3 heteroatoms. The molecule has 1 aliphatic rings. The molecule has 0 amide bonds. The minimum atomic E-state index is -0.558. The standard InChI is InChI=1S/C7H6Cl2O/c8-7(9)4-5(7)6-2-1-3-10-6/h1-3,5H,4H2. The Labute approximate surface area is 68.9 Å². The molecule has 1 fully saturated rings. The van der Waals surface area contributed by atoms with E-state index < -0.39 is 4.33 Å². The molecule has 1 aliphatic carbocycles. The van der Waals surface area contributed by atoms with Gasteiger partial charge in [0.1, 0.15) is 10.1 Å². The Hall–Kier alpha value is -0.140. The maximum atomic E-state index is 5.80. The number of halogens is 2. The molecular weight excluding hydrogens is 171 g/mol. The third-order valence-electron chi connectivity index (χ3n) is 1.71. The first-order valence-corrected chi connectivity index (χ1v) is 3.87. The number of furan rings is 1. The van der Waals surface area contributed by atoms with Crippen LogP contribution >= 0.6 is 23.2 Å². The summed E-state index contributed by atoms with van der Waals surface area (Å²) in [6.45, 7) is 0. The first-order valence-electron chi connectivity index (χ1n) is 3.11. The van der Waals surface area contributed by atoms with Crippen LogP contribution in [0.25, 0.3) is 0 Å². The summed E-state index contributed by atoms with van der Waals surface area (Å²) in [4.78, 5) is 0. The zero-order valence-corrected chi connectivity index (χ0v) is 6.69. The molecule has 1 atom stereocenters. The van der Waals surface area contributed by atoms with Crippen molar-refractivity contribution in [3.63, 3.8) is 0 Å². The van der Waals surface area contributed by atoms with E-state index in [1.807, 2.05) is 12.1 Å². The molecule has 1 saturated carbocycles. The lowest BCUT2D eigenvalue weighted by Crippen LogP contribution is -1.86. The molecule has 2 rings (SSSR count). The fraction of sp³-hybridized carbons (Fsp3) is 0.429. The molecule has 10 heavy (non-hydrogen) atoms. The molecule has 1 unspecified atom stereocenters. The van der Waals surface area contributed by atoms with Crippen molar-refractivity contribution in [3.05, 3.63) is 24.2 Å². The summed E-state index contributed by atoms with van der Waals surface area (Å²) in [5.41, 5.74) is 0. The van der Waals surface area contributed by atoms with Crippen LogP contribution in [0.5, 0.6) is 0 Å². The van der Waals surface area contributed by atoms with Crippen LogP contribution in [-0.4, -0.2) is 4.33 Å². The van der Waals surface area contributed by atoms with Crippen LogP contribution in [0.15, 0.2) is 22.8 Å². The summed E-state index contributed by atoms with van der Waals surface area (Å²) >= 11 is 11.6. The van der Waals surface area contributed by atoms with E-state index in [4.69, 9.17) is 27.6 Å². The molecule has 0 aliphatic heterocycles. The van der Waals surface area contributed by atoms with Crippen molar-refractivity contribution >= 4 is 23.2 Å². The van der Waals surface area contributed by atoms with Gasteiger partial charge in [-0.3, -0.25) is 0 Å². The Morgan fingerprint density at radius 1 is 1.60 bits per heavy atom. The normalized spacial score (nSPS) is 28.4. The second-order valence-electron chi connectivity index (χ2n) is 2.53. The highest BCUT2D eigenvalue weighted by Crippen LogP contribution is 2.59. The average Bonchev–Trinajstić information content (AvgIpc) is 2.31. The van der Waals surface area contributed by atoms with Gasteiger partial charge in [0.25, 0.3) is 0 Å². The molecular formula is C7H6Cl2O. The van der Waals surface area contributed by atoms with Crippen LogP contribution in [0, 0.1) is 0 Å². The first kappa shape index (κ1) is 6.56. The van der Waals surface area contributed by atoms with Crippen LogP contribution < -0.4 is 0 Å². The van der Waals surface area contributed by atoms with Crippen LogP contribution in [0.1, 0.15) is 18.1 Å². The van der Waals surface area contributed by atoms with E-state index in [0.717, 1.165) is 12.2 Å². The number of hydrogen-bond acceptors (Lipinski definition) is 1. The van der Waals surface area contributed by atoms with Gasteiger partial charge in [-0.1, -0.05) is 0 Å². The predicted octanol–water partition coefficient (Wildman–Crippen LogP) is 2.94. The monoisotopic (exact) mass is 176 g/mol. The SMILES string of the molecule is ClC1(Cl)CC1c1ccco1. The van der Waals surface area contributed by atoms with E-state index in [9.17, 15) is 0 Å². The van der Waals surface area contributed by atoms with Crippen molar-refractivity contribution < 1.29 is 4.42 Å². The van der Waals surface area contributed by atoms with Gasteiger partial charge in [-0.2, -0.15) is 0 Å². The Kier molecular flexibility index (Phi) is 1.26.